The third kappa shape index (κ3) is 5.66. The zero-order valence-electron chi connectivity index (χ0n) is 17.0. The average Bonchev–Trinajstić information content (AvgIpc) is 3.21. The van der Waals surface area contributed by atoms with E-state index < -0.39 is 23.8 Å². The Morgan fingerprint density at radius 3 is 2.47 bits per heavy atom. The van der Waals surface area contributed by atoms with E-state index in [-0.39, 0.29) is 11.3 Å². The molecule has 0 fully saturated rings. The van der Waals surface area contributed by atoms with Gasteiger partial charge in [0, 0.05) is 18.3 Å². The third-order valence-electron chi connectivity index (χ3n) is 4.67. The molecule has 5 nitrogen and oxygen atoms in total. The lowest BCUT2D eigenvalue weighted by Gasteiger charge is -2.10. The molecular formula is C24H20F3NO4. The maximum atomic E-state index is 12.7. The van der Waals surface area contributed by atoms with Crippen LogP contribution in [0.4, 0.5) is 13.2 Å². The number of nitrogens with zero attached hydrogens (tertiary/aromatic N) is 1. The van der Waals surface area contributed by atoms with Crippen molar-refractivity contribution in [2.24, 2.45) is 0 Å². The van der Waals surface area contributed by atoms with Gasteiger partial charge < -0.3 is 14.4 Å². The van der Waals surface area contributed by atoms with Gasteiger partial charge in [-0.1, -0.05) is 36.4 Å². The number of benzene rings is 2. The van der Waals surface area contributed by atoms with Gasteiger partial charge >= 0.3 is 12.1 Å². The number of carboxylic acids is 1. The van der Waals surface area contributed by atoms with E-state index in [0.29, 0.717) is 18.0 Å². The number of carbonyl (C=O) groups excluding carboxylic acids is 1. The molecule has 0 aliphatic rings. The summed E-state index contributed by atoms with van der Waals surface area (Å²) in [6.45, 7) is 1.79. The summed E-state index contributed by atoms with van der Waals surface area (Å²) in [5.74, 6) is -1.03. The second-order valence-corrected chi connectivity index (χ2v) is 7.02. The van der Waals surface area contributed by atoms with E-state index in [4.69, 9.17) is 9.84 Å². The summed E-state index contributed by atoms with van der Waals surface area (Å²) in [7, 11) is 0. The number of alkyl halides is 3. The second kappa shape index (κ2) is 9.55. The molecule has 0 radical (unpaired) electrons. The van der Waals surface area contributed by atoms with Crippen molar-refractivity contribution in [3.63, 3.8) is 0 Å². The standard InChI is InChI=1S/C24H20F3NO4/c1-16(23(30)31)32-20-7-2-5-17(15-20)6-3-13-28-14-4-8-21(28)22(29)18-9-11-19(12-10-18)24(25,26)27/h2-12,14-16H,13H2,1H3,(H,30,31)/b6-3+/t16-/m0/s1. The molecule has 3 rings (SSSR count). The fourth-order valence-electron chi connectivity index (χ4n) is 2.99. The normalized spacial score (nSPS) is 12.6. The van der Waals surface area contributed by atoms with Crippen molar-refractivity contribution in [3.05, 3.63) is 95.3 Å². The highest BCUT2D eigenvalue weighted by atomic mass is 19.4. The Morgan fingerprint density at radius 2 is 1.81 bits per heavy atom. The molecule has 0 spiro atoms. The topological polar surface area (TPSA) is 68.5 Å². The summed E-state index contributed by atoms with van der Waals surface area (Å²) in [5.41, 5.74) is 0.486. The zero-order valence-corrected chi connectivity index (χ0v) is 17.0. The lowest BCUT2D eigenvalue weighted by Crippen LogP contribution is -2.22. The summed E-state index contributed by atoms with van der Waals surface area (Å²) >= 11 is 0. The Hall–Kier alpha value is -3.81. The van der Waals surface area contributed by atoms with Gasteiger partial charge in [0.15, 0.2) is 6.10 Å². The SMILES string of the molecule is C[C@H](Oc1cccc(/C=C/Cn2cccc2C(=O)c2ccc(C(F)(F)F)cc2)c1)C(=O)O. The molecule has 0 unspecified atom stereocenters. The number of hydrogen-bond acceptors (Lipinski definition) is 3. The van der Waals surface area contributed by atoms with E-state index in [1.165, 1.54) is 19.1 Å². The molecule has 32 heavy (non-hydrogen) atoms. The number of halogens is 3. The molecular weight excluding hydrogens is 423 g/mol. The molecule has 8 heteroatoms. The molecule has 0 aliphatic heterocycles. The van der Waals surface area contributed by atoms with E-state index in [9.17, 15) is 22.8 Å². The molecule has 1 N–H and O–H groups in total. The highest BCUT2D eigenvalue weighted by Crippen LogP contribution is 2.29. The largest absolute Gasteiger partial charge is 0.479 e. The Bertz CT molecular complexity index is 1130. The minimum Gasteiger partial charge on any atom is -0.479 e. The number of rotatable bonds is 8. The predicted octanol–water partition coefficient (Wildman–Crippen LogP) is 5.30. The van der Waals surface area contributed by atoms with Crippen LogP contribution in [0, 0.1) is 0 Å². The van der Waals surface area contributed by atoms with Crippen LogP contribution in [0.2, 0.25) is 0 Å². The molecule has 0 saturated heterocycles. The Balaban J connectivity index is 1.69. The maximum absolute atomic E-state index is 12.7. The Labute approximate surface area is 182 Å². The van der Waals surface area contributed by atoms with Gasteiger partial charge in [-0.15, -0.1) is 0 Å². The number of carboxylic acid groups (broad SMARTS) is 1. The summed E-state index contributed by atoms with van der Waals surface area (Å²) < 4.78 is 45.2. The van der Waals surface area contributed by atoms with Crippen LogP contribution in [0.25, 0.3) is 6.08 Å². The fraction of sp³-hybridized carbons (Fsp3) is 0.167. The number of ketones is 1. The van der Waals surface area contributed by atoms with Crippen molar-refractivity contribution in [1.82, 2.24) is 4.57 Å². The molecule has 0 amide bonds. The van der Waals surface area contributed by atoms with Crippen LogP contribution in [0.1, 0.15) is 34.1 Å². The first kappa shape index (κ1) is 22.9. The van der Waals surface area contributed by atoms with E-state index in [0.717, 1.165) is 17.7 Å². The van der Waals surface area contributed by atoms with Crippen molar-refractivity contribution < 1.29 is 32.6 Å². The predicted molar refractivity (Wildman–Crippen MR) is 113 cm³/mol. The lowest BCUT2D eigenvalue weighted by atomic mass is 10.1. The van der Waals surface area contributed by atoms with E-state index in [1.54, 1.807) is 47.2 Å². The van der Waals surface area contributed by atoms with Crippen molar-refractivity contribution in [2.75, 3.05) is 0 Å². The van der Waals surface area contributed by atoms with Crippen molar-refractivity contribution in [1.29, 1.82) is 0 Å². The second-order valence-electron chi connectivity index (χ2n) is 7.02. The fourth-order valence-corrected chi connectivity index (χ4v) is 2.99. The van der Waals surface area contributed by atoms with Crippen LogP contribution < -0.4 is 4.74 Å². The number of carbonyl (C=O) groups is 2. The third-order valence-corrected chi connectivity index (χ3v) is 4.67. The number of hydrogen-bond donors (Lipinski definition) is 1. The highest BCUT2D eigenvalue weighted by molar-refractivity contribution is 6.08. The van der Waals surface area contributed by atoms with E-state index >= 15 is 0 Å². The van der Waals surface area contributed by atoms with Crippen LogP contribution in [0.3, 0.4) is 0 Å². The minimum absolute atomic E-state index is 0.166. The highest BCUT2D eigenvalue weighted by Gasteiger charge is 2.30. The van der Waals surface area contributed by atoms with Gasteiger partial charge in [-0.05, 0) is 48.9 Å². The molecule has 2 aromatic carbocycles. The van der Waals surface area contributed by atoms with Gasteiger partial charge in [-0.2, -0.15) is 13.2 Å². The monoisotopic (exact) mass is 443 g/mol. The van der Waals surface area contributed by atoms with Gasteiger partial charge in [-0.25, -0.2) is 4.79 Å². The number of ether oxygens (including phenoxy) is 1. The molecule has 1 heterocycles. The molecule has 1 atom stereocenters. The summed E-state index contributed by atoms with van der Waals surface area (Å²) in [6.07, 6.45) is -0.127. The number of aliphatic carboxylic acids is 1. The van der Waals surface area contributed by atoms with Gasteiger partial charge in [0.05, 0.1) is 11.3 Å². The first-order chi connectivity index (χ1) is 15.1. The molecule has 1 aromatic heterocycles. The van der Waals surface area contributed by atoms with Gasteiger partial charge in [0.2, 0.25) is 5.78 Å². The van der Waals surface area contributed by atoms with Crippen LogP contribution in [0.15, 0.2) is 72.9 Å². The van der Waals surface area contributed by atoms with Crippen LogP contribution >= 0.6 is 0 Å². The molecule has 0 bridgehead atoms. The number of allylic oxidation sites excluding steroid dienone is 1. The minimum atomic E-state index is -4.46. The molecule has 0 aliphatic carbocycles. The molecule has 166 valence electrons. The van der Waals surface area contributed by atoms with Gasteiger partial charge in [0.1, 0.15) is 5.75 Å². The smallest absolute Gasteiger partial charge is 0.416 e. The average molecular weight is 443 g/mol. The van der Waals surface area contributed by atoms with Crippen LogP contribution in [-0.2, 0) is 17.5 Å². The van der Waals surface area contributed by atoms with Crippen LogP contribution in [-0.4, -0.2) is 27.5 Å². The van der Waals surface area contributed by atoms with Crippen molar-refractivity contribution in [3.8, 4) is 5.75 Å². The van der Waals surface area contributed by atoms with Crippen molar-refractivity contribution in [2.45, 2.75) is 25.7 Å². The van der Waals surface area contributed by atoms with Crippen molar-refractivity contribution >= 4 is 17.8 Å². The quantitative estimate of drug-likeness (QED) is 0.480. The van der Waals surface area contributed by atoms with Gasteiger partial charge in [0.25, 0.3) is 0 Å². The summed E-state index contributed by atoms with van der Waals surface area (Å²) in [4.78, 5) is 23.7. The number of aromatic nitrogens is 1. The Morgan fingerprint density at radius 1 is 1.09 bits per heavy atom. The zero-order chi connectivity index (χ0) is 23.3. The molecule has 0 saturated carbocycles. The lowest BCUT2D eigenvalue weighted by molar-refractivity contribution is -0.144. The Kier molecular flexibility index (Phi) is 6.82. The maximum Gasteiger partial charge on any atom is 0.416 e. The molecule has 3 aromatic rings. The first-order valence-corrected chi connectivity index (χ1v) is 9.68. The van der Waals surface area contributed by atoms with E-state index in [2.05, 4.69) is 0 Å². The summed E-state index contributed by atoms with van der Waals surface area (Å²) in [5, 5.41) is 8.94. The van der Waals surface area contributed by atoms with E-state index in [1.807, 2.05) is 12.1 Å². The first-order valence-electron chi connectivity index (χ1n) is 9.68. The van der Waals surface area contributed by atoms with Crippen LogP contribution in [0.5, 0.6) is 5.75 Å². The van der Waals surface area contributed by atoms with Gasteiger partial charge in [-0.3, -0.25) is 4.79 Å². The summed E-state index contributed by atoms with van der Waals surface area (Å²) in [6, 6.07) is 14.3.